The SMILES string of the molecule is CCC[NH+](Cc1nnc(-c2ccco2)o1)[C@H](C)C(N)=O. The number of carbonyl (C=O) groups is 1. The third-order valence-electron chi connectivity index (χ3n) is 3.19. The van der Waals surface area contributed by atoms with Crippen molar-refractivity contribution in [1.29, 1.82) is 0 Å². The summed E-state index contributed by atoms with van der Waals surface area (Å²) in [4.78, 5) is 12.3. The number of hydrogen-bond donors (Lipinski definition) is 2. The zero-order valence-electron chi connectivity index (χ0n) is 11.6. The molecule has 0 saturated heterocycles. The topological polar surface area (TPSA) is 99.6 Å². The van der Waals surface area contributed by atoms with Gasteiger partial charge in [-0.15, -0.1) is 10.2 Å². The van der Waals surface area contributed by atoms with Crippen LogP contribution in [0.15, 0.2) is 27.2 Å². The number of furan rings is 1. The molecule has 0 aromatic carbocycles. The molecule has 2 heterocycles. The summed E-state index contributed by atoms with van der Waals surface area (Å²) in [7, 11) is 0. The van der Waals surface area contributed by atoms with Crippen LogP contribution >= 0.6 is 0 Å². The molecule has 0 radical (unpaired) electrons. The van der Waals surface area contributed by atoms with Crippen LogP contribution in [-0.2, 0) is 11.3 Å². The average Bonchev–Trinajstić information content (AvgIpc) is 3.07. The molecule has 20 heavy (non-hydrogen) atoms. The van der Waals surface area contributed by atoms with Gasteiger partial charge in [0, 0.05) is 0 Å². The summed E-state index contributed by atoms with van der Waals surface area (Å²) in [6, 6.07) is 3.21. The maximum absolute atomic E-state index is 11.3. The highest BCUT2D eigenvalue weighted by molar-refractivity contribution is 5.77. The number of primary amides is 1. The van der Waals surface area contributed by atoms with Crippen molar-refractivity contribution in [3.63, 3.8) is 0 Å². The van der Waals surface area contributed by atoms with Crippen molar-refractivity contribution in [2.45, 2.75) is 32.9 Å². The van der Waals surface area contributed by atoms with Crippen LogP contribution in [0.3, 0.4) is 0 Å². The van der Waals surface area contributed by atoms with E-state index in [1.807, 2.05) is 0 Å². The van der Waals surface area contributed by atoms with Gasteiger partial charge in [-0.1, -0.05) is 6.92 Å². The summed E-state index contributed by atoms with van der Waals surface area (Å²) >= 11 is 0. The highest BCUT2D eigenvalue weighted by Gasteiger charge is 2.24. The van der Waals surface area contributed by atoms with Gasteiger partial charge in [0.05, 0.1) is 12.8 Å². The van der Waals surface area contributed by atoms with Crippen molar-refractivity contribution >= 4 is 5.91 Å². The van der Waals surface area contributed by atoms with E-state index in [-0.39, 0.29) is 11.9 Å². The highest BCUT2D eigenvalue weighted by atomic mass is 16.4. The average molecular weight is 279 g/mol. The molecule has 7 heteroatoms. The van der Waals surface area contributed by atoms with Gasteiger partial charge in [0.1, 0.15) is 0 Å². The first kappa shape index (κ1) is 14.3. The summed E-state index contributed by atoms with van der Waals surface area (Å²) < 4.78 is 10.7. The van der Waals surface area contributed by atoms with Crippen LogP contribution in [0.5, 0.6) is 0 Å². The van der Waals surface area contributed by atoms with Gasteiger partial charge in [0.2, 0.25) is 0 Å². The fourth-order valence-electron chi connectivity index (χ4n) is 2.00. The van der Waals surface area contributed by atoms with Gasteiger partial charge in [-0.2, -0.15) is 0 Å². The van der Waals surface area contributed by atoms with Crippen LogP contribution < -0.4 is 10.6 Å². The summed E-state index contributed by atoms with van der Waals surface area (Å²) in [5.74, 6) is 1.00. The lowest BCUT2D eigenvalue weighted by Gasteiger charge is -2.21. The standard InChI is InChI=1S/C13H18N4O3/c1-3-6-17(9(2)12(14)18)8-11-15-16-13(20-11)10-5-4-7-19-10/h4-5,7,9H,3,6,8H2,1-2H3,(H2,14,18)/p+1/t9-/m1/s1. The zero-order valence-corrected chi connectivity index (χ0v) is 11.6. The van der Waals surface area contributed by atoms with E-state index in [4.69, 9.17) is 14.6 Å². The quantitative estimate of drug-likeness (QED) is 0.743. The molecule has 2 aromatic rings. The third kappa shape index (κ3) is 3.24. The molecule has 0 aliphatic heterocycles. The minimum Gasteiger partial charge on any atom is -0.459 e. The Bertz CT molecular complexity index is 550. The molecule has 3 N–H and O–H groups in total. The predicted octanol–water partition coefficient (Wildman–Crippen LogP) is -0.00170. The Labute approximate surface area is 116 Å². The fourth-order valence-corrected chi connectivity index (χ4v) is 2.00. The Hall–Kier alpha value is -2.15. The Balaban J connectivity index is 2.09. The molecule has 2 aromatic heterocycles. The molecule has 0 aliphatic rings. The van der Waals surface area contributed by atoms with Crippen molar-refractivity contribution in [1.82, 2.24) is 10.2 Å². The number of hydrogen-bond acceptors (Lipinski definition) is 5. The fraction of sp³-hybridized carbons (Fsp3) is 0.462. The third-order valence-corrected chi connectivity index (χ3v) is 3.19. The molecule has 108 valence electrons. The van der Waals surface area contributed by atoms with Gasteiger partial charge in [-0.3, -0.25) is 4.79 Å². The van der Waals surface area contributed by atoms with Crippen molar-refractivity contribution in [3.8, 4) is 11.7 Å². The molecule has 0 spiro atoms. The van der Waals surface area contributed by atoms with E-state index in [9.17, 15) is 4.79 Å². The van der Waals surface area contributed by atoms with Crippen molar-refractivity contribution in [2.75, 3.05) is 6.54 Å². The summed E-state index contributed by atoms with van der Waals surface area (Å²) in [6.45, 7) is 5.13. The van der Waals surface area contributed by atoms with Crippen LogP contribution in [0.2, 0.25) is 0 Å². The van der Waals surface area contributed by atoms with E-state index in [2.05, 4.69) is 17.1 Å². The van der Waals surface area contributed by atoms with Crippen LogP contribution in [0.25, 0.3) is 11.7 Å². The van der Waals surface area contributed by atoms with Crippen LogP contribution in [-0.4, -0.2) is 28.7 Å². The van der Waals surface area contributed by atoms with Gasteiger partial charge in [-0.05, 0) is 25.5 Å². The van der Waals surface area contributed by atoms with Crippen molar-refractivity contribution in [2.24, 2.45) is 5.73 Å². The molecule has 0 saturated carbocycles. The van der Waals surface area contributed by atoms with E-state index in [0.29, 0.717) is 24.1 Å². The largest absolute Gasteiger partial charge is 0.459 e. The lowest BCUT2D eigenvalue weighted by atomic mass is 10.2. The van der Waals surface area contributed by atoms with Gasteiger partial charge < -0.3 is 19.5 Å². The Morgan fingerprint density at radius 1 is 1.50 bits per heavy atom. The number of nitrogens with two attached hydrogens (primary N) is 1. The van der Waals surface area contributed by atoms with E-state index in [0.717, 1.165) is 17.9 Å². The van der Waals surface area contributed by atoms with Crippen molar-refractivity contribution < 1.29 is 18.5 Å². The van der Waals surface area contributed by atoms with Gasteiger partial charge in [-0.25, -0.2) is 0 Å². The van der Waals surface area contributed by atoms with Gasteiger partial charge in [0.25, 0.3) is 17.7 Å². The molecule has 0 fully saturated rings. The first-order chi connectivity index (χ1) is 9.61. The molecule has 1 unspecified atom stereocenters. The summed E-state index contributed by atoms with van der Waals surface area (Å²) in [5.41, 5.74) is 5.36. The number of nitrogens with zero attached hydrogens (tertiary/aromatic N) is 2. The molecule has 2 rings (SSSR count). The monoisotopic (exact) mass is 279 g/mol. The van der Waals surface area contributed by atoms with E-state index in [1.165, 1.54) is 0 Å². The molecular weight excluding hydrogens is 260 g/mol. The second kappa shape index (κ2) is 6.33. The lowest BCUT2D eigenvalue weighted by molar-refractivity contribution is -0.929. The number of nitrogens with one attached hydrogen (secondary N) is 1. The number of quaternary nitrogens is 1. The number of aromatic nitrogens is 2. The highest BCUT2D eigenvalue weighted by Crippen LogP contribution is 2.17. The molecule has 1 amide bonds. The van der Waals surface area contributed by atoms with Crippen LogP contribution in [0.4, 0.5) is 0 Å². The normalized spacial score (nSPS) is 14.1. The Morgan fingerprint density at radius 2 is 2.30 bits per heavy atom. The zero-order chi connectivity index (χ0) is 14.5. The van der Waals surface area contributed by atoms with E-state index < -0.39 is 0 Å². The first-order valence-electron chi connectivity index (χ1n) is 6.62. The second-order valence-electron chi connectivity index (χ2n) is 4.69. The minimum atomic E-state index is -0.334. The smallest absolute Gasteiger partial charge is 0.283 e. The molecule has 0 bridgehead atoms. The Kier molecular flexibility index (Phi) is 4.52. The van der Waals surface area contributed by atoms with E-state index >= 15 is 0 Å². The van der Waals surface area contributed by atoms with Gasteiger partial charge >= 0.3 is 0 Å². The second-order valence-corrected chi connectivity index (χ2v) is 4.69. The minimum absolute atomic E-state index is 0.297. The molecule has 2 atom stereocenters. The molecular formula is C13H19N4O3+. The number of amides is 1. The predicted molar refractivity (Wildman–Crippen MR) is 70.5 cm³/mol. The molecule has 0 aliphatic carbocycles. The number of carbonyl (C=O) groups excluding carboxylic acids is 1. The van der Waals surface area contributed by atoms with E-state index in [1.54, 1.807) is 25.3 Å². The molecule has 7 nitrogen and oxygen atoms in total. The van der Waals surface area contributed by atoms with Gasteiger partial charge in [0.15, 0.2) is 18.3 Å². The first-order valence-corrected chi connectivity index (χ1v) is 6.62. The maximum atomic E-state index is 11.3. The number of rotatable bonds is 7. The Morgan fingerprint density at radius 3 is 2.90 bits per heavy atom. The summed E-state index contributed by atoms with van der Waals surface area (Å²) in [6.07, 6.45) is 2.48. The van der Waals surface area contributed by atoms with Crippen LogP contribution in [0.1, 0.15) is 26.2 Å². The summed E-state index contributed by atoms with van der Waals surface area (Å²) in [5, 5.41) is 7.92. The van der Waals surface area contributed by atoms with Crippen molar-refractivity contribution in [3.05, 3.63) is 24.3 Å². The lowest BCUT2D eigenvalue weighted by Crippen LogP contribution is -3.15. The maximum Gasteiger partial charge on any atom is 0.283 e. The van der Waals surface area contributed by atoms with Crippen LogP contribution in [0, 0.1) is 0 Å².